The van der Waals surface area contributed by atoms with Crippen molar-refractivity contribution in [3.05, 3.63) is 62.8 Å². The van der Waals surface area contributed by atoms with Crippen LogP contribution in [-0.2, 0) is 17.8 Å². The van der Waals surface area contributed by atoms with Gasteiger partial charge < -0.3 is 5.32 Å². The molecule has 3 heterocycles. The van der Waals surface area contributed by atoms with Gasteiger partial charge in [-0.2, -0.15) is 0 Å². The highest BCUT2D eigenvalue weighted by molar-refractivity contribution is 7.16. The maximum Gasteiger partial charge on any atom is 0.267 e. The first-order chi connectivity index (χ1) is 13.6. The van der Waals surface area contributed by atoms with Gasteiger partial charge in [0.15, 0.2) is 5.13 Å². The van der Waals surface area contributed by atoms with E-state index in [1.807, 2.05) is 42.6 Å². The van der Waals surface area contributed by atoms with E-state index in [2.05, 4.69) is 20.5 Å². The van der Waals surface area contributed by atoms with Gasteiger partial charge in [-0.3, -0.25) is 19.8 Å². The largest absolute Gasteiger partial charge is 0.325 e. The van der Waals surface area contributed by atoms with Gasteiger partial charge in [-0.1, -0.05) is 23.8 Å². The molecule has 2 N–H and O–H groups in total. The maximum absolute atomic E-state index is 12.3. The van der Waals surface area contributed by atoms with E-state index >= 15 is 0 Å². The molecule has 0 aliphatic carbocycles. The van der Waals surface area contributed by atoms with Crippen LogP contribution in [-0.4, -0.2) is 34.8 Å². The minimum Gasteiger partial charge on any atom is -0.325 e. The highest BCUT2D eigenvalue weighted by Crippen LogP contribution is 2.28. The van der Waals surface area contributed by atoms with Gasteiger partial charge in [-0.25, -0.2) is 4.98 Å². The number of thiazole rings is 1. The number of hydrogen-bond donors (Lipinski definition) is 2. The number of carbonyl (C=O) groups is 2. The molecule has 2 aromatic heterocycles. The average molecular weight is 413 g/mol. The van der Waals surface area contributed by atoms with Crippen molar-refractivity contribution in [2.45, 2.75) is 19.9 Å². The van der Waals surface area contributed by atoms with Crippen molar-refractivity contribution in [2.24, 2.45) is 0 Å². The number of anilines is 2. The molecule has 0 spiro atoms. The predicted octanol–water partition coefficient (Wildman–Crippen LogP) is 3.76. The lowest BCUT2D eigenvalue weighted by molar-refractivity contribution is -0.117. The van der Waals surface area contributed by atoms with Crippen LogP contribution < -0.4 is 10.6 Å². The number of benzene rings is 1. The summed E-state index contributed by atoms with van der Waals surface area (Å²) in [5.41, 5.74) is 2.99. The zero-order chi connectivity index (χ0) is 19.5. The van der Waals surface area contributed by atoms with Gasteiger partial charge in [-0.05, 0) is 30.5 Å². The van der Waals surface area contributed by atoms with E-state index in [4.69, 9.17) is 0 Å². The molecule has 0 unspecified atom stereocenters. The van der Waals surface area contributed by atoms with Crippen molar-refractivity contribution in [3.63, 3.8) is 0 Å². The van der Waals surface area contributed by atoms with E-state index < -0.39 is 0 Å². The number of thiophene rings is 1. The Labute approximate surface area is 171 Å². The minimum atomic E-state index is -0.129. The Bertz CT molecular complexity index is 980. The zero-order valence-corrected chi connectivity index (χ0v) is 17.0. The van der Waals surface area contributed by atoms with Crippen LogP contribution in [0.2, 0.25) is 0 Å². The molecule has 3 aromatic rings. The fourth-order valence-corrected chi connectivity index (χ4v) is 4.71. The molecule has 0 saturated heterocycles. The lowest BCUT2D eigenvalue weighted by Crippen LogP contribution is -2.36. The zero-order valence-electron chi connectivity index (χ0n) is 15.4. The highest BCUT2D eigenvalue weighted by Gasteiger charge is 2.23. The summed E-state index contributed by atoms with van der Waals surface area (Å²) in [6.45, 7) is 3.80. The standard InChI is InChI=1S/C20H20N4O2S2/c1-13-4-6-14(7-5-13)21-18(25)12-24-9-8-15-17(11-24)28-20(22-15)23-19(26)16-3-2-10-27-16/h2-7,10H,8-9,11-12H2,1H3,(H,21,25)(H,22,23,26). The molecule has 1 aliphatic heterocycles. The Kier molecular flexibility index (Phi) is 5.52. The second kappa shape index (κ2) is 8.22. The maximum atomic E-state index is 12.3. The molecule has 144 valence electrons. The molecule has 0 saturated carbocycles. The molecule has 0 atom stereocenters. The monoisotopic (exact) mass is 412 g/mol. The van der Waals surface area contributed by atoms with Crippen LogP contribution in [0.5, 0.6) is 0 Å². The van der Waals surface area contributed by atoms with Gasteiger partial charge >= 0.3 is 0 Å². The Morgan fingerprint density at radius 2 is 2.00 bits per heavy atom. The third-order valence-electron chi connectivity index (χ3n) is 4.48. The summed E-state index contributed by atoms with van der Waals surface area (Å²) < 4.78 is 0. The molecule has 0 fully saturated rings. The predicted molar refractivity (Wildman–Crippen MR) is 113 cm³/mol. The van der Waals surface area contributed by atoms with Gasteiger partial charge in [0.05, 0.1) is 17.1 Å². The molecule has 28 heavy (non-hydrogen) atoms. The summed E-state index contributed by atoms with van der Waals surface area (Å²) >= 11 is 2.89. The number of carbonyl (C=O) groups excluding carboxylic acids is 2. The van der Waals surface area contributed by atoms with Gasteiger partial charge in [-0.15, -0.1) is 22.7 Å². The number of aromatic nitrogens is 1. The number of rotatable bonds is 5. The van der Waals surface area contributed by atoms with Crippen molar-refractivity contribution in [3.8, 4) is 0 Å². The smallest absolute Gasteiger partial charge is 0.267 e. The first-order valence-corrected chi connectivity index (χ1v) is 10.7. The quantitative estimate of drug-likeness (QED) is 0.669. The van der Waals surface area contributed by atoms with E-state index in [1.165, 1.54) is 22.7 Å². The Morgan fingerprint density at radius 3 is 2.75 bits per heavy atom. The topological polar surface area (TPSA) is 74.3 Å². The Balaban J connectivity index is 1.34. The molecule has 1 aromatic carbocycles. The average Bonchev–Trinajstić information content (AvgIpc) is 3.32. The molecular formula is C20H20N4O2S2. The number of fused-ring (bicyclic) bond motifs is 1. The van der Waals surface area contributed by atoms with Gasteiger partial charge in [0.1, 0.15) is 0 Å². The fourth-order valence-electron chi connectivity index (χ4n) is 3.04. The SMILES string of the molecule is Cc1ccc(NC(=O)CN2CCc3nc(NC(=O)c4cccs4)sc3C2)cc1. The first kappa shape index (κ1) is 18.8. The first-order valence-electron chi connectivity index (χ1n) is 8.99. The van der Waals surface area contributed by atoms with Crippen molar-refractivity contribution < 1.29 is 9.59 Å². The van der Waals surface area contributed by atoms with E-state index in [0.717, 1.165) is 34.8 Å². The molecule has 6 nitrogen and oxygen atoms in total. The molecule has 8 heteroatoms. The fraction of sp³-hybridized carbons (Fsp3) is 0.250. The number of nitrogens with zero attached hydrogens (tertiary/aromatic N) is 2. The van der Waals surface area contributed by atoms with Crippen LogP contribution in [0.25, 0.3) is 0 Å². The molecule has 0 radical (unpaired) electrons. The summed E-state index contributed by atoms with van der Waals surface area (Å²) in [4.78, 5) is 33.0. The normalized spacial score (nSPS) is 13.8. The van der Waals surface area contributed by atoms with Crippen LogP contribution in [0.4, 0.5) is 10.8 Å². The van der Waals surface area contributed by atoms with Crippen LogP contribution in [0.1, 0.15) is 25.8 Å². The lowest BCUT2D eigenvalue weighted by atomic mass is 10.2. The summed E-state index contributed by atoms with van der Waals surface area (Å²) in [6.07, 6.45) is 0.776. The third kappa shape index (κ3) is 4.46. The Morgan fingerprint density at radius 1 is 1.18 bits per heavy atom. The van der Waals surface area contributed by atoms with E-state index in [-0.39, 0.29) is 11.8 Å². The van der Waals surface area contributed by atoms with Crippen LogP contribution in [0.3, 0.4) is 0 Å². The second-order valence-electron chi connectivity index (χ2n) is 6.70. The van der Waals surface area contributed by atoms with Crippen molar-refractivity contribution in [1.29, 1.82) is 0 Å². The van der Waals surface area contributed by atoms with Gasteiger partial charge in [0.25, 0.3) is 5.91 Å². The molecule has 2 amide bonds. The molecule has 1 aliphatic rings. The van der Waals surface area contributed by atoms with E-state index in [1.54, 1.807) is 6.07 Å². The van der Waals surface area contributed by atoms with Crippen molar-refractivity contribution in [2.75, 3.05) is 23.7 Å². The van der Waals surface area contributed by atoms with Crippen molar-refractivity contribution >= 4 is 45.3 Å². The molecule has 0 bridgehead atoms. The van der Waals surface area contributed by atoms with Crippen molar-refractivity contribution in [1.82, 2.24) is 9.88 Å². The lowest BCUT2D eigenvalue weighted by Gasteiger charge is -2.25. The third-order valence-corrected chi connectivity index (χ3v) is 6.34. The summed E-state index contributed by atoms with van der Waals surface area (Å²) in [5, 5.41) is 8.31. The minimum absolute atomic E-state index is 0.0250. The van der Waals surface area contributed by atoms with Crippen LogP contribution in [0, 0.1) is 6.92 Å². The molecule has 4 rings (SSSR count). The summed E-state index contributed by atoms with van der Waals surface area (Å²) in [5.74, 6) is -0.154. The van der Waals surface area contributed by atoms with Crippen LogP contribution in [0.15, 0.2) is 41.8 Å². The number of nitrogens with one attached hydrogen (secondary N) is 2. The van der Waals surface area contributed by atoms with E-state index in [0.29, 0.717) is 23.1 Å². The van der Waals surface area contributed by atoms with E-state index in [9.17, 15) is 9.59 Å². The number of hydrogen-bond acceptors (Lipinski definition) is 6. The van der Waals surface area contributed by atoms with Gasteiger partial charge in [0.2, 0.25) is 5.91 Å². The number of amides is 2. The second-order valence-corrected chi connectivity index (χ2v) is 8.73. The highest BCUT2D eigenvalue weighted by atomic mass is 32.1. The van der Waals surface area contributed by atoms with Gasteiger partial charge in [0, 0.05) is 30.1 Å². The van der Waals surface area contributed by atoms with Crippen LogP contribution >= 0.6 is 22.7 Å². The summed E-state index contributed by atoms with van der Waals surface area (Å²) in [6, 6.07) is 11.4. The molecular weight excluding hydrogens is 392 g/mol. The summed E-state index contributed by atoms with van der Waals surface area (Å²) in [7, 11) is 0. The Hall–Kier alpha value is -2.55. The number of aryl methyl sites for hydroxylation is 1.